The molecule has 0 atom stereocenters. The Morgan fingerprint density at radius 1 is 1.26 bits per heavy atom. The zero-order valence-electron chi connectivity index (χ0n) is 10.7. The molecule has 1 saturated carbocycles. The number of anilines is 1. The Hall–Kier alpha value is -1.33. The molecule has 1 aliphatic carbocycles. The van der Waals surface area contributed by atoms with Crippen LogP contribution in [0, 0.1) is 0 Å². The van der Waals surface area contributed by atoms with Gasteiger partial charge in [-0.25, -0.2) is 8.42 Å². The van der Waals surface area contributed by atoms with Crippen molar-refractivity contribution in [3.63, 3.8) is 0 Å². The minimum absolute atomic E-state index is 0.276. The van der Waals surface area contributed by atoms with E-state index in [1.807, 2.05) is 0 Å². The van der Waals surface area contributed by atoms with Crippen LogP contribution >= 0.6 is 0 Å². The van der Waals surface area contributed by atoms with E-state index in [9.17, 15) is 8.42 Å². The van der Waals surface area contributed by atoms with Gasteiger partial charge in [0.2, 0.25) is 9.84 Å². The first kappa shape index (κ1) is 12.7. The molecule has 1 aromatic carbocycles. The highest BCUT2D eigenvalue weighted by Gasteiger charge is 2.31. The molecule has 0 bridgehead atoms. The normalized spacial score (nSPS) is 21.4. The Balaban J connectivity index is 1.83. The van der Waals surface area contributed by atoms with Crippen molar-refractivity contribution in [2.75, 3.05) is 12.3 Å². The van der Waals surface area contributed by atoms with Crippen molar-refractivity contribution in [2.24, 2.45) is 0 Å². The minimum Gasteiger partial charge on any atom is -0.398 e. The molecule has 5 heteroatoms. The van der Waals surface area contributed by atoms with Crippen LogP contribution in [0.25, 0.3) is 6.08 Å². The molecule has 1 aromatic rings. The van der Waals surface area contributed by atoms with Crippen LogP contribution in [0.4, 0.5) is 5.69 Å². The molecule has 1 aliphatic heterocycles. The second kappa shape index (κ2) is 4.65. The molecule has 3 N–H and O–H groups in total. The molecule has 4 nitrogen and oxygen atoms in total. The van der Waals surface area contributed by atoms with E-state index in [-0.39, 0.29) is 4.90 Å². The van der Waals surface area contributed by atoms with Crippen LogP contribution in [-0.2, 0) is 9.84 Å². The van der Waals surface area contributed by atoms with E-state index in [1.54, 1.807) is 24.3 Å². The van der Waals surface area contributed by atoms with Gasteiger partial charge in [0.05, 0.1) is 10.6 Å². The minimum atomic E-state index is -3.40. The molecule has 0 aromatic heterocycles. The predicted octanol–water partition coefficient (Wildman–Crippen LogP) is 1.93. The fourth-order valence-corrected chi connectivity index (χ4v) is 4.53. The van der Waals surface area contributed by atoms with Crippen LogP contribution in [0.5, 0.6) is 0 Å². The number of sulfone groups is 1. The molecule has 0 unspecified atom stereocenters. The van der Waals surface area contributed by atoms with Gasteiger partial charge in [-0.05, 0) is 30.5 Å². The lowest BCUT2D eigenvalue weighted by atomic mass is 10.2. The number of hydrogen-bond acceptors (Lipinski definition) is 4. The van der Waals surface area contributed by atoms with E-state index in [2.05, 4.69) is 5.32 Å². The topological polar surface area (TPSA) is 72.2 Å². The predicted molar refractivity (Wildman–Crippen MR) is 76.3 cm³/mol. The molecular weight excluding hydrogens is 260 g/mol. The van der Waals surface area contributed by atoms with Crippen LogP contribution in [-0.4, -0.2) is 21.0 Å². The summed E-state index contributed by atoms with van der Waals surface area (Å²) in [7, 11) is -3.40. The van der Waals surface area contributed by atoms with Crippen molar-refractivity contribution in [1.29, 1.82) is 0 Å². The molecule has 0 spiro atoms. The molecular formula is C14H18N2O2S. The van der Waals surface area contributed by atoms with Gasteiger partial charge in [-0.1, -0.05) is 25.0 Å². The lowest BCUT2D eigenvalue weighted by Gasteiger charge is -2.12. The van der Waals surface area contributed by atoms with Gasteiger partial charge in [0, 0.05) is 12.6 Å². The summed E-state index contributed by atoms with van der Waals surface area (Å²) < 4.78 is 24.8. The Labute approximate surface area is 113 Å². The summed E-state index contributed by atoms with van der Waals surface area (Å²) in [6, 6.07) is 5.67. The Morgan fingerprint density at radius 3 is 2.68 bits per heavy atom. The van der Waals surface area contributed by atoms with E-state index >= 15 is 0 Å². The highest BCUT2D eigenvalue weighted by Crippen LogP contribution is 2.36. The largest absolute Gasteiger partial charge is 0.398 e. The number of nitrogens with two attached hydrogens (primary N) is 1. The molecule has 3 rings (SSSR count). The van der Waals surface area contributed by atoms with Gasteiger partial charge in [0.15, 0.2) is 0 Å². The third kappa shape index (κ3) is 2.17. The molecule has 0 saturated heterocycles. The fraction of sp³-hybridized carbons (Fsp3) is 0.429. The summed E-state index contributed by atoms with van der Waals surface area (Å²) in [5, 5.41) is 3.35. The monoisotopic (exact) mass is 278 g/mol. The number of fused-ring (bicyclic) bond motifs is 1. The smallest absolute Gasteiger partial charge is 0.206 e. The highest BCUT2D eigenvalue weighted by atomic mass is 32.2. The molecule has 0 amide bonds. The average molecular weight is 278 g/mol. The first-order chi connectivity index (χ1) is 9.09. The van der Waals surface area contributed by atoms with Crippen molar-refractivity contribution in [2.45, 2.75) is 36.6 Å². The second-order valence-corrected chi connectivity index (χ2v) is 7.18. The van der Waals surface area contributed by atoms with Crippen molar-refractivity contribution in [1.82, 2.24) is 5.32 Å². The van der Waals surface area contributed by atoms with Gasteiger partial charge in [-0.2, -0.15) is 0 Å². The van der Waals surface area contributed by atoms with Crippen LogP contribution in [0.3, 0.4) is 0 Å². The van der Waals surface area contributed by atoms with Crippen molar-refractivity contribution >= 4 is 21.6 Å². The average Bonchev–Trinajstić information content (AvgIpc) is 2.94. The summed E-state index contributed by atoms with van der Waals surface area (Å²) in [5.74, 6) is 0. The second-order valence-electron chi connectivity index (χ2n) is 5.24. The zero-order chi connectivity index (χ0) is 13.5. The molecule has 1 fully saturated rings. The highest BCUT2D eigenvalue weighted by molar-refractivity contribution is 7.96. The maximum Gasteiger partial charge on any atom is 0.206 e. The summed E-state index contributed by atoms with van der Waals surface area (Å²) in [6.45, 7) is 0.404. The summed E-state index contributed by atoms with van der Waals surface area (Å²) in [5.41, 5.74) is 6.84. The number of hydrogen-bond donors (Lipinski definition) is 2. The maximum absolute atomic E-state index is 12.4. The first-order valence-electron chi connectivity index (χ1n) is 6.66. The van der Waals surface area contributed by atoms with Gasteiger partial charge in [-0.3, -0.25) is 0 Å². The number of nitrogens with one attached hydrogen (secondary N) is 1. The third-order valence-electron chi connectivity index (χ3n) is 3.93. The molecule has 102 valence electrons. The SMILES string of the molecule is Nc1cccc2c1S(=O)(=O)C(CNC1CCCC1)=C2. The van der Waals surface area contributed by atoms with E-state index in [0.717, 1.165) is 12.8 Å². The van der Waals surface area contributed by atoms with Crippen LogP contribution < -0.4 is 11.1 Å². The van der Waals surface area contributed by atoms with Crippen molar-refractivity contribution in [3.8, 4) is 0 Å². The van der Waals surface area contributed by atoms with Crippen LogP contribution in [0.2, 0.25) is 0 Å². The maximum atomic E-state index is 12.4. The first-order valence-corrected chi connectivity index (χ1v) is 8.15. The van der Waals surface area contributed by atoms with Crippen molar-refractivity contribution in [3.05, 3.63) is 28.7 Å². The Bertz CT molecular complexity index is 629. The Morgan fingerprint density at radius 2 is 2.00 bits per heavy atom. The molecule has 0 radical (unpaired) electrons. The van der Waals surface area contributed by atoms with Gasteiger partial charge < -0.3 is 11.1 Å². The fourth-order valence-electron chi connectivity index (χ4n) is 2.90. The molecule has 19 heavy (non-hydrogen) atoms. The summed E-state index contributed by atoms with van der Waals surface area (Å²) >= 11 is 0. The molecule has 1 heterocycles. The Kier molecular flexibility index (Phi) is 3.11. The number of nitrogen functional groups attached to an aromatic ring is 1. The van der Waals surface area contributed by atoms with Gasteiger partial charge >= 0.3 is 0 Å². The zero-order valence-corrected chi connectivity index (χ0v) is 11.5. The van der Waals surface area contributed by atoms with Crippen molar-refractivity contribution < 1.29 is 8.42 Å². The van der Waals surface area contributed by atoms with E-state index in [0.29, 0.717) is 28.7 Å². The van der Waals surface area contributed by atoms with E-state index in [1.165, 1.54) is 12.8 Å². The lowest BCUT2D eigenvalue weighted by molar-refractivity contribution is 0.550. The van der Waals surface area contributed by atoms with E-state index in [4.69, 9.17) is 5.73 Å². The standard InChI is InChI=1S/C14H18N2O2S/c15-13-7-3-4-10-8-12(19(17,18)14(10)13)9-16-11-5-1-2-6-11/h3-4,7-8,11,16H,1-2,5-6,9,15H2. The van der Waals surface area contributed by atoms with Gasteiger partial charge in [0.25, 0.3) is 0 Å². The summed E-state index contributed by atoms with van der Waals surface area (Å²) in [6.07, 6.45) is 6.49. The lowest BCUT2D eigenvalue weighted by Crippen LogP contribution is -2.29. The molecule has 2 aliphatic rings. The van der Waals surface area contributed by atoms with E-state index < -0.39 is 9.84 Å². The van der Waals surface area contributed by atoms with Crippen LogP contribution in [0.15, 0.2) is 28.0 Å². The number of rotatable bonds is 3. The number of benzene rings is 1. The summed E-state index contributed by atoms with van der Waals surface area (Å²) in [4.78, 5) is 0.713. The third-order valence-corrected chi connectivity index (χ3v) is 5.89. The van der Waals surface area contributed by atoms with Gasteiger partial charge in [0.1, 0.15) is 4.90 Å². The van der Waals surface area contributed by atoms with Gasteiger partial charge in [-0.15, -0.1) is 0 Å². The van der Waals surface area contributed by atoms with Crippen LogP contribution in [0.1, 0.15) is 31.2 Å². The quantitative estimate of drug-likeness (QED) is 0.829.